The minimum absolute atomic E-state index is 0.0508. The molecule has 1 aliphatic rings. The van der Waals surface area contributed by atoms with Gasteiger partial charge in [-0.1, -0.05) is 60.7 Å². The smallest absolute Gasteiger partial charge is 0.411 e. The SMILES string of the molecule is CC(C(=O)OC(C)(C)C)c1cccc(NC(=O)OCC2c3ccccc3-c3ccccc32)c1F. The van der Waals surface area contributed by atoms with E-state index in [1.54, 1.807) is 33.8 Å². The number of amides is 1. The summed E-state index contributed by atoms with van der Waals surface area (Å²) < 4.78 is 26.0. The Morgan fingerprint density at radius 1 is 0.941 bits per heavy atom. The molecule has 1 atom stereocenters. The van der Waals surface area contributed by atoms with Gasteiger partial charge >= 0.3 is 12.1 Å². The number of hydrogen-bond donors (Lipinski definition) is 1. The van der Waals surface area contributed by atoms with Gasteiger partial charge in [-0.05, 0) is 56.0 Å². The third-order valence-electron chi connectivity index (χ3n) is 5.84. The van der Waals surface area contributed by atoms with Crippen LogP contribution in [0, 0.1) is 5.82 Å². The van der Waals surface area contributed by atoms with Crippen LogP contribution in [0.1, 0.15) is 56.2 Å². The summed E-state index contributed by atoms with van der Waals surface area (Å²) in [4.78, 5) is 25.0. The zero-order chi connectivity index (χ0) is 24.5. The molecule has 0 saturated heterocycles. The number of carbonyl (C=O) groups excluding carboxylic acids is 2. The lowest BCUT2D eigenvalue weighted by Crippen LogP contribution is -2.27. The summed E-state index contributed by atoms with van der Waals surface area (Å²) in [5.41, 5.74) is 3.85. The van der Waals surface area contributed by atoms with E-state index in [1.165, 1.54) is 12.1 Å². The van der Waals surface area contributed by atoms with Crippen molar-refractivity contribution >= 4 is 17.7 Å². The topological polar surface area (TPSA) is 64.6 Å². The molecule has 0 saturated carbocycles. The summed E-state index contributed by atoms with van der Waals surface area (Å²) in [6.07, 6.45) is -0.761. The highest BCUT2D eigenvalue weighted by atomic mass is 19.1. The number of fused-ring (bicyclic) bond motifs is 3. The van der Waals surface area contributed by atoms with E-state index in [9.17, 15) is 9.59 Å². The molecule has 0 bridgehead atoms. The molecule has 3 aromatic carbocycles. The van der Waals surface area contributed by atoms with Gasteiger partial charge in [-0.3, -0.25) is 10.1 Å². The minimum atomic E-state index is -0.830. The third kappa shape index (κ3) is 4.81. The quantitative estimate of drug-likeness (QED) is 0.433. The van der Waals surface area contributed by atoms with Crippen molar-refractivity contribution in [2.75, 3.05) is 11.9 Å². The average Bonchev–Trinajstić information content (AvgIpc) is 3.11. The fourth-order valence-corrected chi connectivity index (χ4v) is 4.24. The molecule has 0 fully saturated rings. The van der Waals surface area contributed by atoms with Crippen LogP contribution < -0.4 is 5.32 Å². The van der Waals surface area contributed by atoms with E-state index in [1.807, 2.05) is 36.4 Å². The highest BCUT2D eigenvalue weighted by Crippen LogP contribution is 2.44. The Labute approximate surface area is 198 Å². The van der Waals surface area contributed by atoms with Crippen LogP contribution in [0.25, 0.3) is 11.1 Å². The van der Waals surface area contributed by atoms with Crippen molar-refractivity contribution in [3.05, 3.63) is 89.2 Å². The van der Waals surface area contributed by atoms with E-state index in [4.69, 9.17) is 9.47 Å². The molecule has 0 heterocycles. The van der Waals surface area contributed by atoms with Crippen molar-refractivity contribution in [1.29, 1.82) is 0 Å². The molecule has 6 heteroatoms. The van der Waals surface area contributed by atoms with Gasteiger partial charge in [-0.15, -0.1) is 0 Å². The molecule has 176 valence electrons. The van der Waals surface area contributed by atoms with Crippen LogP contribution in [-0.2, 0) is 14.3 Å². The predicted octanol–water partition coefficient (Wildman–Crippen LogP) is 6.63. The van der Waals surface area contributed by atoms with Gasteiger partial charge in [-0.2, -0.15) is 0 Å². The van der Waals surface area contributed by atoms with E-state index in [2.05, 4.69) is 17.4 Å². The summed E-state index contributed by atoms with van der Waals surface area (Å²) in [6, 6.07) is 20.6. The van der Waals surface area contributed by atoms with E-state index >= 15 is 4.39 Å². The summed E-state index contributed by atoms with van der Waals surface area (Å²) in [5, 5.41) is 2.48. The number of nitrogens with one attached hydrogen (secondary N) is 1. The van der Waals surface area contributed by atoms with Gasteiger partial charge in [-0.25, -0.2) is 9.18 Å². The Balaban J connectivity index is 1.45. The number of halogens is 1. The maximum absolute atomic E-state index is 15.1. The van der Waals surface area contributed by atoms with Gasteiger partial charge in [0.1, 0.15) is 12.2 Å². The second kappa shape index (κ2) is 9.29. The molecule has 5 nitrogen and oxygen atoms in total. The Bertz CT molecular complexity index is 1190. The summed E-state index contributed by atoms with van der Waals surface area (Å²) in [5.74, 6) is -2.15. The molecule has 4 rings (SSSR count). The zero-order valence-corrected chi connectivity index (χ0v) is 19.7. The van der Waals surface area contributed by atoms with Crippen molar-refractivity contribution in [1.82, 2.24) is 0 Å². The molecule has 3 aromatic rings. The summed E-state index contributed by atoms with van der Waals surface area (Å²) >= 11 is 0. The van der Waals surface area contributed by atoms with E-state index in [-0.39, 0.29) is 23.8 Å². The second-order valence-corrected chi connectivity index (χ2v) is 9.41. The van der Waals surface area contributed by atoms with Crippen molar-refractivity contribution in [3.8, 4) is 11.1 Å². The first-order chi connectivity index (χ1) is 16.2. The molecule has 1 aliphatic carbocycles. The van der Waals surface area contributed by atoms with Crippen molar-refractivity contribution in [2.45, 2.75) is 45.1 Å². The number of rotatable bonds is 5. The van der Waals surface area contributed by atoms with Crippen molar-refractivity contribution in [2.24, 2.45) is 0 Å². The molecule has 1 amide bonds. The molecular formula is C28H28FNO4. The van der Waals surface area contributed by atoms with Gasteiger partial charge < -0.3 is 9.47 Å². The van der Waals surface area contributed by atoms with Crippen LogP contribution in [-0.4, -0.2) is 24.3 Å². The molecule has 0 aliphatic heterocycles. The lowest BCUT2D eigenvalue weighted by atomic mass is 9.98. The highest BCUT2D eigenvalue weighted by molar-refractivity contribution is 5.86. The monoisotopic (exact) mass is 461 g/mol. The van der Waals surface area contributed by atoms with Gasteiger partial charge in [0.25, 0.3) is 0 Å². The molecule has 0 spiro atoms. The van der Waals surface area contributed by atoms with Gasteiger partial charge in [0.2, 0.25) is 0 Å². The average molecular weight is 462 g/mol. The highest BCUT2D eigenvalue weighted by Gasteiger charge is 2.30. The molecule has 34 heavy (non-hydrogen) atoms. The van der Waals surface area contributed by atoms with Crippen LogP contribution in [0.2, 0.25) is 0 Å². The van der Waals surface area contributed by atoms with Gasteiger partial charge in [0.05, 0.1) is 11.6 Å². The maximum Gasteiger partial charge on any atom is 0.411 e. The van der Waals surface area contributed by atoms with Crippen molar-refractivity contribution in [3.63, 3.8) is 0 Å². The number of esters is 1. The first kappa shape index (κ1) is 23.5. The largest absolute Gasteiger partial charge is 0.460 e. The zero-order valence-electron chi connectivity index (χ0n) is 19.7. The Kier molecular flexibility index (Phi) is 6.42. The Hall–Kier alpha value is -3.67. The van der Waals surface area contributed by atoms with E-state index in [0.29, 0.717) is 0 Å². The molecule has 0 aromatic heterocycles. The third-order valence-corrected chi connectivity index (χ3v) is 5.84. The number of hydrogen-bond acceptors (Lipinski definition) is 4. The first-order valence-electron chi connectivity index (χ1n) is 11.3. The van der Waals surface area contributed by atoms with E-state index < -0.39 is 29.4 Å². The normalized spacial score (nSPS) is 13.6. The molecule has 1 N–H and O–H groups in total. The number of anilines is 1. The Morgan fingerprint density at radius 2 is 1.53 bits per heavy atom. The fourth-order valence-electron chi connectivity index (χ4n) is 4.24. The fraction of sp³-hybridized carbons (Fsp3) is 0.286. The summed E-state index contributed by atoms with van der Waals surface area (Å²) in [7, 11) is 0. The van der Waals surface area contributed by atoms with Gasteiger partial charge in [0, 0.05) is 11.5 Å². The van der Waals surface area contributed by atoms with Crippen LogP contribution in [0.4, 0.5) is 14.9 Å². The minimum Gasteiger partial charge on any atom is -0.460 e. The van der Waals surface area contributed by atoms with E-state index in [0.717, 1.165) is 22.3 Å². The van der Waals surface area contributed by atoms with Crippen LogP contribution in [0.3, 0.4) is 0 Å². The lowest BCUT2D eigenvalue weighted by Gasteiger charge is -2.23. The van der Waals surface area contributed by atoms with Crippen molar-refractivity contribution < 1.29 is 23.5 Å². The van der Waals surface area contributed by atoms with Gasteiger partial charge in [0.15, 0.2) is 5.82 Å². The summed E-state index contributed by atoms with van der Waals surface area (Å²) in [6.45, 7) is 6.95. The second-order valence-electron chi connectivity index (χ2n) is 9.41. The number of benzene rings is 3. The molecule has 0 radical (unpaired) electrons. The molecule has 1 unspecified atom stereocenters. The Morgan fingerprint density at radius 3 is 2.12 bits per heavy atom. The predicted molar refractivity (Wildman–Crippen MR) is 129 cm³/mol. The van der Waals surface area contributed by atoms with Crippen LogP contribution in [0.15, 0.2) is 66.7 Å². The molecular weight excluding hydrogens is 433 g/mol. The lowest BCUT2D eigenvalue weighted by molar-refractivity contribution is -0.156. The first-order valence-corrected chi connectivity index (χ1v) is 11.3. The maximum atomic E-state index is 15.1. The van der Waals surface area contributed by atoms with Crippen LogP contribution in [0.5, 0.6) is 0 Å². The number of ether oxygens (including phenoxy) is 2. The van der Waals surface area contributed by atoms with Crippen LogP contribution >= 0.6 is 0 Å². The number of carbonyl (C=O) groups is 2. The standard InChI is InChI=1S/C28H28FNO4/c1-17(26(31)34-28(2,3)4)18-14-9-15-24(25(18)29)30-27(32)33-16-23-21-12-7-5-10-19(21)20-11-6-8-13-22(20)23/h5-15,17,23H,16H2,1-4H3,(H,30,32).